The molecule has 0 saturated carbocycles. The lowest BCUT2D eigenvalue weighted by Gasteiger charge is -2.09. The van der Waals surface area contributed by atoms with Gasteiger partial charge >= 0.3 is 0 Å². The summed E-state index contributed by atoms with van der Waals surface area (Å²) in [7, 11) is 0. The summed E-state index contributed by atoms with van der Waals surface area (Å²) in [5.74, 6) is 0. The van der Waals surface area contributed by atoms with Gasteiger partial charge in [-0.2, -0.15) is 0 Å². The predicted octanol–water partition coefficient (Wildman–Crippen LogP) is 4.11. The summed E-state index contributed by atoms with van der Waals surface area (Å²) in [6.45, 7) is 12.0. The highest BCUT2D eigenvalue weighted by atomic mass is 14.1. The third-order valence-electron chi connectivity index (χ3n) is 2.95. The zero-order valence-electron chi connectivity index (χ0n) is 8.77. The van der Waals surface area contributed by atoms with Crippen LogP contribution in [-0.4, -0.2) is 0 Å². The molecule has 0 heteroatoms. The maximum atomic E-state index is 6.04. The van der Waals surface area contributed by atoms with Crippen molar-refractivity contribution in [2.24, 2.45) is 0 Å². The van der Waals surface area contributed by atoms with Crippen LogP contribution in [0.4, 0.5) is 0 Å². The predicted molar refractivity (Wildman–Crippen MR) is 68.3 cm³/mol. The third kappa shape index (κ3) is 1.23. The molecule has 0 aliphatic rings. The SMILES string of the molecule is [CH]c1cccc2c1c([CH])cc1ccccc12. The topological polar surface area (TPSA) is 0 Å². The van der Waals surface area contributed by atoms with E-state index in [1.54, 1.807) is 0 Å². The molecule has 0 nitrogen and oxygen atoms in total. The fourth-order valence-corrected chi connectivity index (χ4v) is 2.22. The van der Waals surface area contributed by atoms with Crippen molar-refractivity contribution in [1.82, 2.24) is 0 Å². The van der Waals surface area contributed by atoms with Crippen molar-refractivity contribution in [2.45, 2.75) is 0 Å². The fraction of sp³-hybridized carbons (Fsp3) is 0. The standard InChI is InChI=1S/C16H10/c1-11-6-5-9-15-14-8-4-3-7-13(14)10-12(2)16(11)15/h1-10H. The second kappa shape index (κ2) is 3.34. The van der Waals surface area contributed by atoms with Crippen LogP contribution in [0.15, 0.2) is 48.5 Å². The Morgan fingerprint density at radius 2 is 1.44 bits per heavy atom. The molecule has 0 aromatic heterocycles. The average molecular weight is 202 g/mol. The van der Waals surface area contributed by atoms with E-state index in [2.05, 4.69) is 18.2 Å². The van der Waals surface area contributed by atoms with E-state index in [0.717, 1.165) is 27.3 Å². The number of hydrogen-bond acceptors (Lipinski definition) is 0. The van der Waals surface area contributed by atoms with Gasteiger partial charge < -0.3 is 0 Å². The maximum Gasteiger partial charge on any atom is -0.000511 e. The summed E-state index contributed by atoms with van der Waals surface area (Å²) in [5, 5.41) is 4.42. The molecular weight excluding hydrogens is 192 g/mol. The van der Waals surface area contributed by atoms with Crippen molar-refractivity contribution in [3.63, 3.8) is 0 Å². The molecule has 0 spiro atoms. The van der Waals surface area contributed by atoms with Gasteiger partial charge in [-0.15, -0.1) is 0 Å². The van der Waals surface area contributed by atoms with E-state index in [4.69, 9.17) is 13.8 Å². The second-order valence-corrected chi connectivity index (χ2v) is 3.96. The molecule has 0 aliphatic heterocycles. The van der Waals surface area contributed by atoms with Crippen molar-refractivity contribution in [3.8, 4) is 0 Å². The molecule has 3 aromatic carbocycles. The van der Waals surface area contributed by atoms with Crippen LogP contribution in [-0.2, 0) is 0 Å². The molecule has 0 unspecified atom stereocenters. The largest absolute Gasteiger partial charge is 0.0616 e. The van der Waals surface area contributed by atoms with Gasteiger partial charge in [-0.3, -0.25) is 0 Å². The van der Waals surface area contributed by atoms with E-state index < -0.39 is 0 Å². The van der Waals surface area contributed by atoms with Crippen LogP contribution in [0.5, 0.6) is 0 Å². The van der Waals surface area contributed by atoms with E-state index in [1.807, 2.05) is 30.3 Å². The normalized spacial score (nSPS) is 11.1. The van der Waals surface area contributed by atoms with Crippen molar-refractivity contribution >= 4 is 21.5 Å². The summed E-state index contributed by atoms with van der Waals surface area (Å²) < 4.78 is 0. The molecule has 74 valence electrons. The monoisotopic (exact) mass is 202 g/mol. The minimum absolute atomic E-state index is 0.737. The fourth-order valence-electron chi connectivity index (χ4n) is 2.22. The van der Waals surface area contributed by atoms with Gasteiger partial charge in [-0.1, -0.05) is 48.5 Å². The van der Waals surface area contributed by atoms with Crippen molar-refractivity contribution in [3.05, 3.63) is 73.5 Å². The average Bonchev–Trinajstić information content (AvgIpc) is 2.29. The van der Waals surface area contributed by atoms with Crippen LogP contribution >= 0.6 is 0 Å². The molecule has 0 saturated heterocycles. The molecule has 3 rings (SSSR count). The van der Waals surface area contributed by atoms with Crippen LogP contribution in [0.1, 0.15) is 11.1 Å². The Morgan fingerprint density at radius 3 is 2.31 bits per heavy atom. The van der Waals surface area contributed by atoms with Crippen LogP contribution in [0, 0.1) is 13.8 Å². The van der Waals surface area contributed by atoms with Crippen LogP contribution < -0.4 is 0 Å². The quantitative estimate of drug-likeness (QED) is 0.481. The van der Waals surface area contributed by atoms with Gasteiger partial charge in [0, 0.05) is 0 Å². The first-order valence-corrected chi connectivity index (χ1v) is 5.23. The Balaban J connectivity index is 2.65. The smallest absolute Gasteiger partial charge is 0.000511 e. The summed E-state index contributed by atoms with van der Waals surface area (Å²) in [4.78, 5) is 0. The molecule has 0 aliphatic carbocycles. The van der Waals surface area contributed by atoms with Gasteiger partial charge in [-0.25, -0.2) is 0 Å². The lowest BCUT2D eigenvalue weighted by atomic mass is 9.95. The van der Waals surface area contributed by atoms with E-state index in [-0.39, 0.29) is 0 Å². The van der Waals surface area contributed by atoms with Gasteiger partial charge in [0.15, 0.2) is 0 Å². The zero-order chi connectivity index (χ0) is 11.1. The Morgan fingerprint density at radius 1 is 0.688 bits per heavy atom. The Labute approximate surface area is 95.5 Å². The van der Waals surface area contributed by atoms with Gasteiger partial charge in [0.05, 0.1) is 0 Å². The van der Waals surface area contributed by atoms with Gasteiger partial charge in [-0.05, 0) is 46.5 Å². The summed E-state index contributed by atoms with van der Waals surface area (Å²) in [6, 6.07) is 16.1. The molecule has 0 bridgehead atoms. The van der Waals surface area contributed by atoms with E-state index >= 15 is 0 Å². The molecule has 3 aromatic rings. The molecule has 0 N–H and O–H groups in total. The Kier molecular flexibility index (Phi) is 1.97. The minimum atomic E-state index is 0.737. The van der Waals surface area contributed by atoms with Crippen LogP contribution in [0.2, 0.25) is 0 Å². The number of rotatable bonds is 0. The Bertz CT molecular complexity index is 678. The number of hydrogen-bond donors (Lipinski definition) is 0. The van der Waals surface area contributed by atoms with Crippen LogP contribution in [0.25, 0.3) is 21.5 Å². The third-order valence-corrected chi connectivity index (χ3v) is 2.95. The minimum Gasteiger partial charge on any atom is -0.0616 e. The summed E-state index contributed by atoms with van der Waals surface area (Å²) >= 11 is 0. The van der Waals surface area contributed by atoms with E-state index in [1.165, 1.54) is 5.39 Å². The van der Waals surface area contributed by atoms with Crippen molar-refractivity contribution < 1.29 is 0 Å². The van der Waals surface area contributed by atoms with Gasteiger partial charge in [0.1, 0.15) is 0 Å². The number of fused-ring (bicyclic) bond motifs is 3. The first-order chi connectivity index (χ1) is 7.77. The molecule has 4 radical (unpaired) electrons. The highest BCUT2D eigenvalue weighted by Gasteiger charge is 2.05. The second-order valence-electron chi connectivity index (χ2n) is 3.96. The lowest BCUT2D eigenvalue weighted by Crippen LogP contribution is -1.85. The van der Waals surface area contributed by atoms with Crippen molar-refractivity contribution in [2.75, 3.05) is 0 Å². The summed E-state index contributed by atoms with van der Waals surface area (Å²) in [5.41, 5.74) is 1.48. The molecule has 0 atom stereocenters. The number of benzene rings is 3. The van der Waals surface area contributed by atoms with E-state index in [9.17, 15) is 0 Å². The molecular formula is C16H10. The van der Waals surface area contributed by atoms with Gasteiger partial charge in [0.2, 0.25) is 0 Å². The molecule has 16 heavy (non-hydrogen) atoms. The zero-order valence-corrected chi connectivity index (χ0v) is 8.77. The Hall–Kier alpha value is -1.82. The lowest BCUT2D eigenvalue weighted by molar-refractivity contribution is 1.65. The maximum absolute atomic E-state index is 6.04. The molecule has 0 fully saturated rings. The highest BCUT2D eigenvalue weighted by Crippen LogP contribution is 2.30. The molecule has 0 heterocycles. The van der Waals surface area contributed by atoms with Crippen LogP contribution in [0.3, 0.4) is 0 Å². The summed E-state index contributed by atoms with van der Waals surface area (Å²) in [6.07, 6.45) is 0. The first kappa shape index (κ1) is 9.41. The highest BCUT2D eigenvalue weighted by molar-refractivity contribution is 6.10. The van der Waals surface area contributed by atoms with Crippen molar-refractivity contribution in [1.29, 1.82) is 0 Å². The van der Waals surface area contributed by atoms with E-state index in [0.29, 0.717) is 0 Å². The molecule has 0 amide bonds. The van der Waals surface area contributed by atoms with Gasteiger partial charge in [0.25, 0.3) is 0 Å². The first-order valence-electron chi connectivity index (χ1n) is 5.23.